The maximum absolute atomic E-state index is 12.3. The van der Waals surface area contributed by atoms with Gasteiger partial charge in [-0.25, -0.2) is 4.79 Å². The number of piperazine rings is 1. The predicted molar refractivity (Wildman–Crippen MR) is 83.9 cm³/mol. The molecule has 1 aromatic rings. The minimum atomic E-state index is -0.943. The van der Waals surface area contributed by atoms with E-state index in [1.54, 1.807) is 24.3 Å². The molecular weight excluding hydrogens is 314 g/mol. The molecule has 1 saturated heterocycles. The van der Waals surface area contributed by atoms with Crippen LogP contribution in [0.3, 0.4) is 0 Å². The summed E-state index contributed by atoms with van der Waals surface area (Å²) in [5.74, 6) is -0.768. The molecule has 0 aromatic heterocycles. The van der Waals surface area contributed by atoms with Crippen molar-refractivity contribution in [2.45, 2.75) is 6.10 Å². The van der Waals surface area contributed by atoms with Gasteiger partial charge in [0.15, 0.2) is 0 Å². The van der Waals surface area contributed by atoms with Gasteiger partial charge >= 0.3 is 6.09 Å². The first-order chi connectivity index (χ1) is 11.5. The van der Waals surface area contributed by atoms with Crippen LogP contribution in [0.1, 0.15) is 20.7 Å². The molecule has 0 saturated carbocycles. The number of amides is 3. The highest BCUT2D eigenvalue weighted by atomic mass is 16.4. The van der Waals surface area contributed by atoms with Gasteiger partial charge in [-0.2, -0.15) is 0 Å². The molecule has 0 spiro atoms. The van der Waals surface area contributed by atoms with Crippen LogP contribution in [0.2, 0.25) is 0 Å². The van der Waals surface area contributed by atoms with E-state index >= 15 is 0 Å². The lowest BCUT2D eigenvalue weighted by atomic mass is 10.1. The fourth-order valence-corrected chi connectivity index (χ4v) is 3.09. The second-order valence-electron chi connectivity index (χ2n) is 5.99. The van der Waals surface area contributed by atoms with Gasteiger partial charge in [-0.1, -0.05) is 12.1 Å². The molecule has 8 heteroatoms. The molecule has 1 fully saturated rings. The van der Waals surface area contributed by atoms with E-state index in [0.717, 1.165) is 4.90 Å². The van der Waals surface area contributed by atoms with E-state index in [1.807, 2.05) is 4.90 Å². The molecule has 0 aliphatic carbocycles. The summed E-state index contributed by atoms with van der Waals surface area (Å²) in [6, 6.07) is 6.61. The van der Waals surface area contributed by atoms with Gasteiger partial charge in [-0.05, 0) is 12.1 Å². The molecular formula is C16H19N3O5. The van der Waals surface area contributed by atoms with Crippen LogP contribution in [0.15, 0.2) is 24.3 Å². The van der Waals surface area contributed by atoms with Gasteiger partial charge < -0.3 is 15.1 Å². The third kappa shape index (κ3) is 3.10. The number of aliphatic hydroxyl groups excluding tert-OH is 1. The Kier molecular flexibility index (Phi) is 4.50. The van der Waals surface area contributed by atoms with Gasteiger partial charge in [0.05, 0.1) is 23.8 Å². The number of hydrogen-bond donors (Lipinski definition) is 2. The predicted octanol–water partition coefficient (Wildman–Crippen LogP) is -0.0609. The molecule has 1 unspecified atom stereocenters. The Morgan fingerprint density at radius 2 is 1.54 bits per heavy atom. The lowest BCUT2D eigenvalue weighted by Crippen LogP contribution is -2.51. The first kappa shape index (κ1) is 16.4. The number of carbonyl (C=O) groups is 3. The number of aliphatic hydroxyl groups is 1. The minimum absolute atomic E-state index is 0.0640. The number of hydrogen-bond acceptors (Lipinski definition) is 5. The quantitative estimate of drug-likeness (QED) is 0.749. The molecule has 3 rings (SSSR count). The van der Waals surface area contributed by atoms with Crippen LogP contribution < -0.4 is 0 Å². The molecule has 2 aliphatic heterocycles. The smallest absolute Gasteiger partial charge is 0.407 e. The summed E-state index contributed by atoms with van der Waals surface area (Å²) in [6.07, 6.45) is -1.81. The summed E-state index contributed by atoms with van der Waals surface area (Å²) in [5.41, 5.74) is 0.731. The highest BCUT2D eigenvalue weighted by Gasteiger charge is 2.36. The van der Waals surface area contributed by atoms with Crippen LogP contribution in [0, 0.1) is 0 Å². The van der Waals surface area contributed by atoms with Gasteiger partial charge in [0.25, 0.3) is 11.8 Å². The van der Waals surface area contributed by atoms with E-state index < -0.39 is 12.2 Å². The molecule has 1 atom stereocenters. The molecule has 2 N–H and O–H groups in total. The molecule has 128 valence electrons. The zero-order valence-electron chi connectivity index (χ0n) is 13.1. The highest BCUT2D eigenvalue weighted by molar-refractivity contribution is 6.21. The average molecular weight is 333 g/mol. The normalized spacial score (nSPS) is 19.5. The fourth-order valence-electron chi connectivity index (χ4n) is 3.09. The molecule has 0 bridgehead atoms. The summed E-state index contributed by atoms with van der Waals surface area (Å²) >= 11 is 0. The number of rotatable bonds is 4. The number of imide groups is 1. The monoisotopic (exact) mass is 333 g/mol. The standard InChI is InChI=1S/C16H19N3O5/c20-11(9-17-5-7-18(8-6-17)16(23)24)10-19-14(21)12-3-1-2-4-13(12)15(19)22/h1-4,11,20H,5-10H2,(H,23,24). The fraction of sp³-hybridized carbons (Fsp3) is 0.438. The lowest BCUT2D eigenvalue weighted by Gasteiger charge is -2.34. The van der Waals surface area contributed by atoms with Gasteiger partial charge in [-0.3, -0.25) is 19.4 Å². The van der Waals surface area contributed by atoms with Crippen LogP contribution in [0.4, 0.5) is 4.79 Å². The van der Waals surface area contributed by atoms with E-state index in [-0.39, 0.29) is 18.4 Å². The number of fused-ring (bicyclic) bond motifs is 1. The van der Waals surface area contributed by atoms with Gasteiger partial charge in [0.1, 0.15) is 0 Å². The topological polar surface area (TPSA) is 101 Å². The SMILES string of the molecule is O=C(O)N1CCN(CC(O)CN2C(=O)c3ccccc3C2=O)CC1. The van der Waals surface area contributed by atoms with Crippen LogP contribution >= 0.6 is 0 Å². The molecule has 3 amide bonds. The van der Waals surface area contributed by atoms with Crippen molar-refractivity contribution in [1.29, 1.82) is 0 Å². The molecule has 8 nitrogen and oxygen atoms in total. The van der Waals surface area contributed by atoms with Crippen molar-refractivity contribution < 1.29 is 24.6 Å². The molecule has 2 heterocycles. The number of β-amino-alcohol motifs (C(OH)–C–C–N with tert-alkyl or cyclic N) is 1. The summed E-state index contributed by atoms with van der Waals surface area (Å²) < 4.78 is 0. The van der Waals surface area contributed by atoms with E-state index in [2.05, 4.69) is 0 Å². The summed E-state index contributed by atoms with van der Waals surface area (Å²) in [6.45, 7) is 2.04. The van der Waals surface area contributed by atoms with Crippen molar-refractivity contribution in [2.75, 3.05) is 39.3 Å². The van der Waals surface area contributed by atoms with Crippen molar-refractivity contribution in [3.63, 3.8) is 0 Å². The Hall–Kier alpha value is -2.45. The second-order valence-corrected chi connectivity index (χ2v) is 5.99. The van der Waals surface area contributed by atoms with Gasteiger partial charge in [0, 0.05) is 32.7 Å². The van der Waals surface area contributed by atoms with Crippen molar-refractivity contribution in [2.24, 2.45) is 0 Å². The molecule has 2 aliphatic rings. The number of carboxylic acid groups (broad SMARTS) is 1. The van der Waals surface area contributed by atoms with Crippen LogP contribution in [-0.2, 0) is 0 Å². The summed E-state index contributed by atoms with van der Waals surface area (Å²) in [5, 5.41) is 19.2. The first-order valence-corrected chi connectivity index (χ1v) is 7.81. The first-order valence-electron chi connectivity index (χ1n) is 7.81. The Morgan fingerprint density at radius 3 is 2.04 bits per heavy atom. The largest absolute Gasteiger partial charge is 0.465 e. The van der Waals surface area contributed by atoms with Gasteiger partial charge in [0.2, 0.25) is 0 Å². The van der Waals surface area contributed by atoms with Crippen molar-refractivity contribution >= 4 is 17.9 Å². The zero-order chi connectivity index (χ0) is 17.3. The lowest BCUT2D eigenvalue weighted by molar-refractivity contribution is 0.0399. The summed E-state index contributed by atoms with van der Waals surface area (Å²) in [7, 11) is 0. The number of carbonyl (C=O) groups excluding carboxylic acids is 2. The Bertz CT molecular complexity index is 634. The maximum Gasteiger partial charge on any atom is 0.407 e. The van der Waals surface area contributed by atoms with E-state index in [1.165, 1.54) is 4.90 Å². The van der Waals surface area contributed by atoms with E-state index in [4.69, 9.17) is 5.11 Å². The van der Waals surface area contributed by atoms with Crippen LogP contribution in [0.5, 0.6) is 0 Å². The number of benzene rings is 1. The van der Waals surface area contributed by atoms with E-state index in [0.29, 0.717) is 43.9 Å². The highest BCUT2D eigenvalue weighted by Crippen LogP contribution is 2.22. The Morgan fingerprint density at radius 1 is 1.00 bits per heavy atom. The average Bonchev–Trinajstić information content (AvgIpc) is 2.81. The number of nitrogens with zero attached hydrogens (tertiary/aromatic N) is 3. The third-order valence-corrected chi connectivity index (χ3v) is 4.38. The Balaban J connectivity index is 1.55. The van der Waals surface area contributed by atoms with E-state index in [9.17, 15) is 19.5 Å². The zero-order valence-corrected chi connectivity index (χ0v) is 13.1. The second kappa shape index (κ2) is 6.58. The minimum Gasteiger partial charge on any atom is -0.465 e. The van der Waals surface area contributed by atoms with Crippen LogP contribution in [-0.4, -0.2) is 88.2 Å². The molecule has 24 heavy (non-hydrogen) atoms. The maximum atomic E-state index is 12.3. The third-order valence-electron chi connectivity index (χ3n) is 4.38. The van der Waals surface area contributed by atoms with Crippen molar-refractivity contribution in [1.82, 2.24) is 14.7 Å². The molecule has 1 aromatic carbocycles. The molecule has 0 radical (unpaired) electrons. The van der Waals surface area contributed by atoms with Crippen molar-refractivity contribution in [3.8, 4) is 0 Å². The van der Waals surface area contributed by atoms with Gasteiger partial charge in [-0.15, -0.1) is 0 Å². The Labute approximate surface area is 138 Å². The van der Waals surface area contributed by atoms with Crippen LogP contribution in [0.25, 0.3) is 0 Å². The van der Waals surface area contributed by atoms with Crippen molar-refractivity contribution in [3.05, 3.63) is 35.4 Å². The summed E-state index contributed by atoms with van der Waals surface area (Å²) in [4.78, 5) is 39.7.